The van der Waals surface area contributed by atoms with E-state index in [1.807, 2.05) is 30.5 Å². The first-order chi connectivity index (χ1) is 14.6. The van der Waals surface area contributed by atoms with E-state index < -0.39 is 0 Å². The molecular formula is C24H19N3O3. The van der Waals surface area contributed by atoms with Crippen molar-refractivity contribution in [3.8, 4) is 0 Å². The van der Waals surface area contributed by atoms with Gasteiger partial charge in [0.15, 0.2) is 0 Å². The Hall–Kier alpha value is -3.80. The van der Waals surface area contributed by atoms with Crippen LogP contribution in [0.5, 0.6) is 0 Å². The molecule has 0 bridgehead atoms. The molecule has 0 unspecified atom stereocenters. The molecule has 1 aromatic heterocycles. The van der Waals surface area contributed by atoms with Crippen LogP contribution >= 0.6 is 0 Å². The van der Waals surface area contributed by atoms with Gasteiger partial charge in [0.1, 0.15) is 0 Å². The van der Waals surface area contributed by atoms with Crippen LogP contribution in [0.15, 0.2) is 73.1 Å². The first-order valence-electron chi connectivity index (χ1n) is 9.87. The number of fused-ring (bicyclic) bond motifs is 1. The topological polar surface area (TPSA) is 79.4 Å². The lowest BCUT2D eigenvalue weighted by molar-refractivity contribution is -0.117. The Labute approximate surface area is 173 Å². The van der Waals surface area contributed by atoms with E-state index in [-0.39, 0.29) is 36.1 Å². The number of benzene rings is 2. The average molecular weight is 397 g/mol. The Kier molecular flexibility index (Phi) is 4.39. The van der Waals surface area contributed by atoms with E-state index in [4.69, 9.17) is 0 Å². The lowest BCUT2D eigenvalue weighted by Gasteiger charge is -2.14. The molecule has 1 N–H and O–H groups in total. The number of nitrogens with one attached hydrogen (secondary N) is 1. The van der Waals surface area contributed by atoms with Crippen molar-refractivity contribution >= 4 is 23.4 Å². The van der Waals surface area contributed by atoms with E-state index in [1.165, 1.54) is 4.90 Å². The standard InChI is InChI=1S/C24H19N3O3/c28-22(21-12-20(21)16-4-3-11-25-13-16)26-17-9-7-15(8-10-17)14-27-23(29)18-5-1-2-6-19(18)24(27)30/h1-11,13,20-21H,12,14H2,(H,26,28)/t20-,21+/m1/s1. The summed E-state index contributed by atoms with van der Waals surface area (Å²) in [6.45, 7) is 0.201. The van der Waals surface area contributed by atoms with Gasteiger partial charge < -0.3 is 5.32 Å². The summed E-state index contributed by atoms with van der Waals surface area (Å²) in [4.78, 5) is 42.9. The summed E-state index contributed by atoms with van der Waals surface area (Å²) >= 11 is 0. The van der Waals surface area contributed by atoms with Gasteiger partial charge in [-0.1, -0.05) is 30.3 Å². The number of imide groups is 1. The van der Waals surface area contributed by atoms with Gasteiger partial charge in [-0.05, 0) is 53.8 Å². The third-order valence-corrected chi connectivity index (χ3v) is 5.68. The Morgan fingerprint density at radius 2 is 1.67 bits per heavy atom. The fourth-order valence-electron chi connectivity index (χ4n) is 3.94. The average Bonchev–Trinajstić information content (AvgIpc) is 3.55. The van der Waals surface area contributed by atoms with Crippen molar-refractivity contribution in [1.82, 2.24) is 9.88 Å². The first kappa shape index (κ1) is 18.2. The highest BCUT2D eigenvalue weighted by Crippen LogP contribution is 2.47. The third-order valence-electron chi connectivity index (χ3n) is 5.68. The van der Waals surface area contributed by atoms with Crippen LogP contribution in [0.2, 0.25) is 0 Å². The molecule has 2 atom stereocenters. The monoisotopic (exact) mass is 397 g/mol. The zero-order valence-electron chi connectivity index (χ0n) is 16.1. The van der Waals surface area contributed by atoms with Crippen molar-refractivity contribution in [3.63, 3.8) is 0 Å². The van der Waals surface area contributed by atoms with Gasteiger partial charge in [0, 0.05) is 24.0 Å². The molecule has 0 radical (unpaired) electrons. The molecule has 5 rings (SSSR count). The number of carbonyl (C=O) groups excluding carboxylic acids is 3. The molecule has 2 aliphatic rings. The molecule has 6 heteroatoms. The number of carbonyl (C=O) groups is 3. The lowest BCUT2D eigenvalue weighted by atomic mass is 10.1. The summed E-state index contributed by atoms with van der Waals surface area (Å²) in [6, 6.07) is 18.0. The molecule has 30 heavy (non-hydrogen) atoms. The Morgan fingerprint density at radius 1 is 0.967 bits per heavy atom. The maximum absolute atomic E-state index is 12.5. The minimum absolute atomic E-state index is 0.00282. The normalized spacial score (nSPS) is 19.5. The summed E-state index contributed by atoms with van der Waals surface area (Å²) < 4.78 is 0. The van der Waals surface area contributed by atoms with Gasteiger partial charge >= 0.3 is 0 Å². The molecule has 6 nitrogen and oxygen atoms in total. The zero-order chi connectivity index (χ0) is 20.7. The largest absolute Gasteiger partial charge is 0.326 e. The van der Waals surface area contributed by atoms with E-state index in [9.17, 15) is 14.4 Å². The van der Waals surface area contributed by atoms with Gasteiger partial charge in [-0.25, -0.2) is 0 Å². The molecule has 3 amide bonds. The number of pyridine rings is 1. The number of hydrogen-bond acceptors (Lipinski definition) is 4. The Morgan fingerprint density at radius 3 is 2.30 bits per heavy atom. The number of aromatic nitrogens is 1. The van der Waals surface area contributed by atoms with E-state index >= 15 is 0 Å². The third kappa shape index (κ3) is 3.26. The molecule has 0 saturated heterocycles. The first-order valence-corrected chi connectivity index (χ1v) is 9.87. The minimum atomic E-state index is -0.275. The van der Waals surface area contributed by atoms with Crippen LogP contribution in [0.1, 0.15) is 44.2 Å². The zero-order valence-corrected chi connectivity index (χ0v) is 16.1. The van der Waals surface area contributed by atoms with Crippen molar-refractivity contribution in [2.24, 2.45) is 5.92 Å². The summed E-state index contributed by atoms with van der Waals surface area (Å²) in [5, 5.41) is 2.95. The van der Waals surface area contributed by atoms with Crippen molar-refractivity contribution in [1.29, 1.82) is 0 Å². The number of anilines is 1. The second-order valence-corrected chi connectivity index (χ2v) is 7.66. The molecule has 148 valence electrons. The van der Waals surface area contributed by atoms with Gasteiger partial charge in [0.25, 0.3) is 11.8 Å². The van der Waals surface area contributed by atoms with Gasteiger partial charge in [-0.2, -0.15) is 0 Å². The van der Waals surface area contributed by atoms with Gasteiger partial charge in [0.2, 0.25) is 5.91 Å². The highest BCUT2D eigenvalue weighted by molar-refractivity contribution is 6.21. The van der Waals surface area contributed by atoms with Crippen molar-refractivity contribution in [2.45, 2.75) is 18.9 Å². The number of rotatable bonds is 5. The van der Waals surface area contributed by atoms with E-state index in [0.29, 0.717) is 16.8 Å². The second kappa shape index (κ2) is 7.22. The molecule has 1 saturated carbocycles. The van der Waals surface area contributed by atoms with Crippen LogP contribution in [0.4, 0.5) is 5.69 Å². The van der Waals surface area contributed by atoms with Gasteiger partial charge in [0.05, 0.1) is 17.7 Å². The summed E-state index contributed by atoms with van der Waals surface area (Å²) in [7, 11) is 0. The van der Waals surface area contributed by atoms with Crippen molar-refractivity contribution < 1.29 is 14.4 Å². The number of nitrogens with zero attached hydrogens (tertiary/aromatic N) is 2. The van der Waals surface area contributed by atoms with Crippen LogP contribution in [-0.2, 0) is 11.3 Å². The SMILES string of the molecule is O=C(Nc1ccc(CN2C(=O)c3ccccc3C2=O)cc1)[C@H]1C[C@@H]1c1cccnc1. The van der Waals surface area contributed by atoms with E-state index in [1.54, 1.807) is 42.6 Å². The highest BCUT2D eigenvalue weighted by atomic mass is 16.2. The Balaban J connectivity index is 1.21. The summed E-state index contributed by atoms with van der Waals surface area (Å²) in [5.41, 5.74) is 3.50. The van der Waals surface area contributed by atoms with Crippen molar-refractivity contribution in [3.05, 3.63) is 95.3 Å². The maximum atomic E-state index is 12.5. The van der Waals surface area contributed by atoms with E-state index in [0.717, 1.165) is 17.5 Å². The van der Waals surface area contributed by atoms with Crippen LogP contribution in [0.25, 0.3) is 0 Å². The lowest BCUT2D eigenvalue weighted by Crippen LogP contribution is -2.29. The maximum Gasteiger partial charge on any atom is 0.261 e. The van der Waals surface area contributed by atoms with Crippen LogP contribution < -0.4 is 5.32 Å². The van der Waals surface area contributed by atoms with E-state index in [2.05, 4.69) is 10.3 Å². The molecule has 0 spiro atoms. The quantitative estimate of drug-likeness (QED) is 0.667. The van der Waals surface area contributed by atoms with Crippen LogP contribution in [-0.4, -0.2) is 27.6 Å². The molecule has 2 heterocycles. The highest BCUT2D eigenvalue weighted by Gasteiger charge is 2.44. The molecule has 3 aromatic rings. The van der Waals surface area contributed by atoms with Gasteiger partial charge in [-0.3, -0.25) is 24.3 Å². The van der Waals surface area contributed by atoms with Crippen LogP contribution in [0.3, 0.4) is 0 Å². The van der Waals surface area contributed by atoms with Crippen molar-refractivity contribution in [2.75, 3.05) is 5.32 Å². The molecule has 1 aliphatic carbocycles. The molecule has 1 aliphatic heterocycles. The molecule has 1 fully saturated rings. The summed E-state index contributed by atoms with van der Waals surface area (Å²) in [5.74, 6) is -0.359. The number of hydrogen-bond donors (Lipinski definition) is 1. The fourth-order valence-corrected chi connectivity index (χ4v) is 3.94. The number of amides is 3. The van der Waals surface area contributed by atoms with Crippen LogP contribution in [0, 0.1) is 5.92 Å². The predicted octanol–water partition coefficient (Wildman–Crippen LogP) is 3.62. The second-order valence-electron chi connectivity index (χ2n) is 7.66. The molecular weight excluding hydrogens is 378 g/mol. The fraction of sp³-hybridized carbons (Fsp3) is 0.167. The molecule has 2 aromatic carbocycles. The van der Waals surface area contributed by atoms with Gasteiger partial charge in [-0.15, -0.1) is 0 Å². The minimum Gasteiger partial charge on any atom is -0.326 e. The Bertz CT molecular complexity index is 1110. The predicted molar refractivity (Wildman–Crippen MR) is 111 cm³/mol. The smallest absolute Gasteiger partial charge is 0.261 e. The summed E-state index contributed by atoms with van der Waals surface area (Å²) in [6.07, 6.45) is 4.37.